The second-order valence-corrected chi connectivity index (χ2v) is 6.21. The summed E-state index contributed by atoms with van der Waals surface area (Å²) in [7, 11) is 0. The number of aryl methyl sites for hydroxylation is 1. The fraction of sp³-hybridized carbons (Fsp3) is 0.500. The van der Waals surface area contributed by atoms with Crippen LogP contribution >= 0.6 is 23.1 Å². The van der Waals surface area contributed by atoms with Gasteiger partial charge < -0.3 is 15.3 Å². The summed E-state index contributed by atoms with van der Waals surface area (Å²) in [5.74, 6) is -0.0407. The molecule has 1 atom stereocenters. The van der Waals surface area contributed by atoms with Gasteiger partial charge in [-0.2, -0.15) is 0 Å². The van der Waals surface area contributed by atoms with Gasteiger partial charge in [0.05, 0.1) is 12.4 Å². The van der Waals surface area contributed by atoms with Crippen LogP contribution in [-0.4, -0.2) is 39.7 Å². The Hall–Kier alpha value is -1.21. The number of thiophene rings is 1. The van der Waals surface area contributed by atoms with Crippen molar-refractivity contribution in [3.05, 3.63) is 21.9 Å². The molecule has 1 aromatic rings. The minimum atomic E-state index is -0.939. The molecule has 2 heterocycles. The molecule has 1 aliphatic heterocycles. The predicted octanol–water partition coefficient (Wildman–Crippen LogP) is 1.98. The zero-order valence-electron chi connectivity index (χ0n) is 10.6. The third-order valence-electron chi connectivity index (χ3n) is 3.05. The summed E-state index contributed by atoms with van der Waals surface area (Å²) in [4.78, 5) is 25.5. The van der Waals surface area contributed by atoms with Crippen LogP contribution in [-0.2, 0) is 17.8 Å². The van der Waals surface area contributed by atoms with E-state index in [-0.39, 0.29) is 6.03 Å². The summed E-state index contributed by atoms with van der Waals surface area (Å²) < 4.78 is 0. The number of carbonyl (C=O) groups excluding carboxylic acids is 1. The molecule has 104 valence electrons. The number of rotatable bonds is 4. The average molecular weight is 300 g/mol. The van der Waals surface area contributed by atoms with Crippen LogP contribution in [0.25, 0.3) is 0 Å². The minimum Gasteiger partial charge on any atom is -0.480 e. The Labute approximate surface area is 120 Å². The molecule has 5 nitrogen and oxygen atoms in total. The minimum absolute atomic E-state index is 0.298. The largest absolute Gasteiger partial charge is 0.480 e. The molecule has 2 rings (SSSR count). The fourth-order valence-corrected chi connectivity index (χ4v) is 4.00. The van der Waals surface area contributed by atoms with Crippen LogP contribution in [0.5, 0.6) is 0 Å². The highest BCUT2D eigenvalue weighted by atomic mass is 32.2. The smallest absolute Gasteiger partial charge is 0.327 e. The number of carboxylic acids is 1. The first-order chi connectivity index (χ1) is 9.13. The quantitative estimate of drug-likeness (QED) is 0.892. The molecule has 2 N–H and O–H groups in total. The SMILES string of the molecule is CCc1ccsc1CNC(=O)N1CSC[C@H]1C(=O)O. The van der Waals surface area contributed by atoms with Crippen LogP contribution in [0.4, 0.5) is 4.79 Å². The molecule has 7 heteroatoms. The number of carbonyl (C=O) groups is 2. The predicted molar refractivity (Wildman–Crippen MR) is 76.5 cm³/mol. The number of urea groups is 1. The average Bonchev–Trinajstić information content (AvgIpc) is 3.04. The van der Waals surface area contributed by atoms with Crippen LogP contribution in [0.1, 0.15) is 17.4 Å². The molecule has 19 heavy (non-hydrogen) atoms. The lowest BCUT2D eigenvalue weighted by Crippen LogP contribution is -2.46. The van der Waals surface area contributed by atoms with Gasteiger partial charge >= 0.3 is 12.0 Å². The molecule has 0 unspecified atom stereocenters. The summed E-state index contributed by atoms with van der Waals surface area (Å²) in [5, 5.41) is 13.8. The number of hydrogen-bond acceptors (Lipinski definition) is 4. The van der Waals surface area contributed by atoms with Gasteiger partial charge in [0.1, 0.15) is 6.04 Å². The second kappa shape index (κ2) is 6.29. The zero-order chi connectivity index (χ0) is 13.8. The van der Waals surface area contributed by atoms with Crippen molar-refractivity contribution in [1.29, 1.82) is 0 Å². The van der Waals surface area contributed by atoms with Crippen molar-refractivity contribution < 1.29 is 14.7 Å². The molecule has 1 aliphatic rings. The van der Waals surface area contributed by atoms with Gasteiger partial charge in [-0.05, 0) is 23.4 Å². The number of hydrogen-bond donors (Lipinski definition) is 2. The highest BCUT2D eigenvalue weighted by molar-refractivity contribution is 7.99. The Morgan fingerprint density at radius 1 is 1.58 bits per heavy atom. The van der Waals surface area contributed by atoms with Crippen LogP contribution in [0, 0.1) is 0 Å². The normalized spacial score (nSPS) is 18.6. The van der Waals surface area contributed by atoms with Crippen molar-refractivity contribution in [3.8, 4) is 0 Å². The first-order valence-corrected chi connectivity index (χ1v) is 8.07. The summed E-state index contributed by atoms with van der Waals surface area (Å²) in [6, 6.07) is 1.05. The number of aliphatic carboxylic acids is 1. The number of amides is 2. The van der Waals surface area contributed by atoms with Gasteiger partial charge in [-0.3, -0.25) is 0 Å². The lowest BCUT2D eigenvalue weighted by atomic mass is 10.2. The topological polar surface area (TPSA) is 69.6 Å². The summed E-state index contributed by atoms with van der Waals surface area (Å²) in [6.07, 6.45) is 0.937. The van der Waals surface area contributed by atoms with Crippen LogP contribution in [0.3, 0.4) is 0 Å². The van der Waals surface area contributed by atoms with Crippen LogP contribution in [0.2, 0.25) is 0 Å². The summed E-state index contributed by atoms with van der Waals surface area (Å²) in [5.41, 5.74) is 1.23. The van der Waals surface area contributed by atoms with E-state index in [1.54, 1.807) is 11.3 Å². The standard InChI is InChI=1S/C12H16N2O3S2/c1-2-8-3-4-19-10(8)5-13-12(17)14-7-18-6-9(14)11(15)16/h3-4,9H,2,5-7H2,1H3,(H,13,17)(H,15,16)/t9-/m0/s1. The molecule has 1 saturated heterocycles. The first kappa shape index (κ1) is 14.2. The maximum atomic E-state index is 12.0. The molecule has 0 aromatic carbocycles. The van der Waals surface area contributed by atoms with E-state index in [2.05, 4.69) is 18.3 Å². The Morgan fingerprint density at radius 3 is 3.05 bits per heavy atom. The van der Waals surface area contributed by atoms with Crippen LogP contribution < -0.4 is 5.32 Å². The number of thioether (sulfide) groups is 1. The van der Waals surface area contributed by atoms with E-state index in [1.807, 2.05) is 5.38 Å². The third kappa shape index (κ3) is 3.22. The van der Waals surface area contributed by atoms with Crippen LogP contribution in [0.15, 0.2) is 11.4 Å². The molecule has 1 aromatic heterocycles. The highest BCUT2D eigenvalue weighted by Crippen LogP contribution is 2.21. The van der Waals surface area contributed by atoms with Gasteiger partial charge in [-0.15, -0.1) is 23.1 Å². The van der Waals surface area contributed by atoms with E-state index in [0.29, 0.717) is 18.2 Å². The number of carboxylic acid groups (broad SMARTS) is 1. The molecule has 0 aliphatic carbocycles. The van der Waals surface area contributed by atoms with Crippen molar-refractivity contribution >= 4 is 35.1 Å². The number of nitrogens with zero attached hydrogens (tertiary/aromatic N) is 1. The fourth-order valence-electron chi connectivity index (χ4n) is 1.94. The van der Waals surface area contributed by atoms with Crippen molar-refractivity contribution in [3.63, 3.8) is 0 Å². The van der Waals surface area contributed by atoms with E-state index in [4.69, 9.17) is 5.11 Å². The molecular formula is C12H16N2O3S2. The molecule has 0 bridgehead atoms. The van der Waals surface area contributed by atoms with Gasteiger partial charge in [0.25, 0.3) is 0 Å². The van der Waals surface area contributed by atoms with Gasteiger partial charge in [-0.1, -0.05) is 6.92 Å². The Kier molecular flexibility index (Phi) is 4.71. The van der Waals surface area contributed by atoms with Gasteiger partial charge in [0.2, 0.25) is 0 Å². The first-order valence-electron chi connectivity index (χ1n) is 6.03. The van der Waals surface area contributed by atoms with Crippen molar-refractivity contribution in [2.45, 2.75) is 25.9 Å². The molecule has 0 radical (unpaired) electrons. The zero-order valence-corrected chi connectivity index (χ0v) is 12.2. The Morgan fingerprint density at radius 2 is 2.37 bits per heavy atom. The van der Waals surface area contributed by atoms with Gasteiger partial charge in [0, 0.05) is 10.6 Å². The Balaban J connectivity index is 1.92. The lowest BCUT2D eigenvalue weighted by molar-refractivity contribution is -0.140. The second-order valence-electron chi connectivity index (χ2n) is 4.20. The van der Waals surface area contributed by atoms with Crippen molar-refractivity contribution in [1.82, 2.24) is 10.2 Å². The van der Waals surface area contributed by atoms with E-state index in [1.165, 1.54) is 22.2 Å². The Bertz CT molecular complexity index is 475. The molecule has 2 amide bonds. The molecule has 0 saturated carbocycles. The lowest BCUT2D eigenvalue weighted by Gasteiger charge is -2.20. The van der Waals surface area contributed by atoms with Crippen molar-refractivity contribution in [2.75, 3.05) is 11.6 Å². The summed E-state index contributed by atoms with van der Waals surface area (Å²) >= 11 is 3.08. The third-order valence-corrected chi connectivity index (χ3v) is 5.02. The van der Waals surface area contributed by atoms with Crippen molar-refractivity contribution in [2.24, 2.45) is 0 Å². The maximum Gasteiger partial charge on any atom is 0.327 e. The van der Waals surface area contributed by atoms with E-state index < -0.39 is 12.0 Å². The molecule has 1 fully saturated rings. The van der Waals surface area contributed by atoms with E-state index >= 15 is 0 Å². The number of nitrogens with one attached hydrogen (secondary N) is 1. The van der Waals surface area contributed by atoms with E-state index in [0.717, 1.165) is 11.3 Å². The monoisotopic (exact) mass is 300 g/mol. The highest BCUT2D eigenvalue weighted by Gasteiger charge is 2.34. The van der Waals surface area contributed by atoms with Gasteiger partial charge in [0.15, 0.2) is 0 Å². The summed E-state index contributed by atoms with van der Waals surface area (Å²) in [6.45, 7) is 2.54. The molecule has 0 spiro atoms. The maximum absolute atomic E-state index is 12.0. The van der Waals surface area contributed by atoms with Gasteiger partial charge in [-0.25, -0.2) is 9.59 Å². The van der Waals surface area contributed by atoms with E-state index in [9.17, 15) is 9.59 Å². The molecular weight excluding hydrogens is 284 g/mol.